The van der Waals surface area contributed by atoms with Crippen molar-refractivity contribution < 1.29 is 14.4 Å². The Balaban J connectivity index is 1.70. The summed E-state index contributed by atoms with van der Waals surface area (Å²) in [6.07, 6.45) is 0. The second-order valence-electron chi connectivity index (χ2n) is 10.7. The Kier molecular flexibility index (Phi) is 3.99. The Bertz CT molecular complexity index is 1730. The maximum Gasteiger partial charge on any atom is 0.234 e. The Morgan fingerprint density at radius 2 is 0.842 bits per heavy atom. The van der Waals surface area contributed by atoms with E-state index in [9.17, 15) is 9.59 Å². The number of rotatable bonds is 2. The molecule has 2 aliphatic carbocycles. The van der Waals surface area contributed by atoms with E-state index in [4.69, 9.17) is 0 Å². The molecule has 3 aliphatic rings. The molecule has 0 N–H and O–H groups in total. The molecule has 2 bridgehead atoms. The standard InChI is InChI=1S/C34H23NO3/c1-35-30(36)28-29(31(35)37)34(21-14-6-3-7-15-21)27-25-19-11-9-17-23(25)22-16-8-10-18-24(22)26(27)33(28,32(34)38)20-12-4-2-5-13-20/h2-19,28-29H,1H3/t28-,29+,33+,34-. The predicted molar refractivity (Wildman–Crippen MR) is 146 cm³/mol. The van der Waals surface area contributed by atoms with Crippen LogP contribution in [-0.4, -0.2) is 29.5 Å². The summed E-state index contributed by atoms with van der Waals surface area (Å²) in [5, 5.41) is 4.01. The van der Waals surface area contributed by atoms with Crippen LogP contribution >= 0.6 is 0 Å². The van der Waals surface area contributed by atoms with E-state index in [0.29, 0.717) is 0 Å². The first-order chi connectivity index (χ1) is 18.6. The van der Waals surface area contributed by atoms with E-state index in [1.54, 1.807) is 7.05 Å². The maximum atomic E-state index is 15.4. The monoisotopic (exact) mass is 493 g/mol. The molecule has 1 aliphatic heterocycles. The van der Waals surface area contributed by atoms with Crippen LogP contribution in [0.2, 0.25) is 0 Å². The number of nitrogens with zero attached hydrogens (tertiary/aromatic N) is 1. The highest BCUT2D eigenvalue weighted by Gasteiger charge is 2.82. The first-order valence-electron chi connectivity index (χ1n) is 13.0. The summed E-state index contributed by atoms with van der Waals surface area (Å²) in [7, 11) is 1.56. The van der Waals surface area contributed by atoms with Gasteiger partial charge in [-0.3, -0.25) is 19.3 Å². The fraction of sp³-hybridized carbons (Fsp3) is 0.147. The van der Waals surface area contributed by atoms with Crippen LogP contribution < -0.4 is 0 Å². The summed E-state index contributed by atoms with van der Waals surface area (Å²) in [5.74, 6) is -2.25. The second-order valence-corrected chi connectivity index (χ2v) is 10.7. The van der Waals surface area contributed by atoms with Crippen LogP contribution in [0.1, 0.15) is 22.3 Å². The highest BCUT2D eigenvalue weighted by Crippen LogP contribution is 2.72. The number of imide groups is 1. The van der Waals surface area contributed by atoms with Crippen molar-refractivity contribution in [3.8, 4) is 0 Å². The Morgan fingerprint density at radius 1 is 0.500 bits per heavy atom. The van der Waals surface area contributed by atoms with Gasteiger partial charge in [-0.05, 0) is 43.8 Å². The van der Waals surface area contributed by atoms with E-state index < -0.39 is 22.7 Å². The molecule has 4 atom stereocenters. The summed E-state index contributed by atoms with van der Waals surface area (Å²) in [6, 6.07) is 35.6. The molecule has 4 heteroatoms. The van der Waals surface area contributed by atoms with Crippen LogP contribution in [0.25, 0.3) is 21.5 Å². The zero-order valence-electron chi connectivity index (χ0n) is 20.7. The lowest BCUT2D eigenvalue weighted by Crippen LogP contribution is -2.43. The van der Waals surface area contributed by atoms with Crippen molar-refractivity contribution >= 4 is 39.1 Å². The molecule has 4 nitrogen and oxygen atoms in total. The lowest BCUT2D eigenvalue weighted by molar-refractivity contribution is -0.141. The van der Waals surface area contributed by atoms with Crippen molar-refractivity contribution in [3.63, 3.8) is 0 Å². The number of amides is 2. The Labute approximate surface area is 219 Å². The Hall–Kier alpha value is -4.57. The van der Waals surface area contributed by atoms with Gasteiger partial charge in [0.05, 0.1) is 22.7 Å². The number of carbonyl (C=O) groups is 3. The summed E-state index contributed by atoms with van der Waals surface area (Å²) in [4.78, 5) is 44.8. The normalized spacial score (nSPS) is 27.4. The third kappa shape index (κ3) is 2.11. The topological polar surface area (TPSA) is 54.5 Å². The molecule has 0 unspecified atom stereocenters. The third-order valence-corrected chi connectivity index (χ3v) is 9.36. The van der Waals surface area contributed by atoms with Gasteiger partial charge in [-0.25, -0.2) is 0 Å². The quantitative estimate of drug-likeness (QED) is 0.245. The van der Waals surface area contributed by atoms with Crippen LogP contribution in [0.15, 0.2) is 109 Å². The number of benzene rings is 5. The van der Waals surface area contributed by atoms with Crippen molar-refractivity contribution in [2.45, 2.75) is 10.8 Å². The van der Waals surface area contributed by atoms with E-state index >= 15 is 4.79 Å². The molecule has 8 rings (SSSR count). The van der Waals surface area contributed by atoms with Gasteiger partial charge in [-0.1, -0.05) is 109 Å². The minimum Gasteiger partial charge on any atom is -0.297 e. The first kappa shape index (κ1) is 21.5. The average molecular weight is 494 g/mol. The summed E-state index contributed by atoms with van der Waals surface area (Å²) >= 11 is 0. The van der Waals surface area contributed by atoms with Crippen molar-refractivity contribution in [2.24, 2.45) is 11.8 Å². The molecule has 1 saturated carbocycles. The molecule has 38 heavy (non-hydrogen) atoms. The van der Waals surface area contributed by atoms with Gasteiger partial charge in [-0.2, -0.15) is 0 Å². The molecule has 182 valence electrons. The number of Topliss-reactive ketones (excluding diaryl/α,β-unsaturated/α-hetero) is 1. The molecule has 5 aromatic rings. The minimum atomic E-state index is -1.28. The lowest BCUT2D eigenvalue weighted by Gasteiger charge is -2.38. The molecule has 2 fully saturated rings. The van der Waals surface area contributed by atoms with Gasteiger partial charge in [-0.15, -0.1) is 0 Å². The summed E-state index contributed by atoms with van der Waals surface area (Å²) in [6.45, 7) is 0. The molecule has 0 spiro atoms. The highest BCUT2D eigenvalue weighted by atomic mass is 16.2. The largest absolute Gasteiger partial charge is 0.297 e. The molecule has 0 radical (unpaired) electrons. The molecular weight excluding hydrogens is 470 g/mol. The average Bonchev–Trinajstić information content (AvgIpc) is 3.47. The van der Waals surface area contributed by atoms with E-state index in [2.05, 4.69) is 24.3 Å². The van der Waals surface area contributed by atoms with E-state index in [1.165, 1.54) is 4.90 Å². The van der Waals surface area contributed by atoms with Gasteiger partial charge < -0.3 is 0 Å². The van der Waals surface area contributed by atoms with Gasteiger partial charge >= 0.3 is 0 Å². The molecule has 0 aromatic heterocycles. The second kappa shape index (κ2) is 7.05. The number of likely N-dealkylation sites (tertiary alicyclic amines) is 1. The molecule has 5 aromatic carbocycles. The van der Waals surface area contributed by atoms with Crippen LogP contribution in [0, 0.1) is 11.8 Å². The van der Waals surface area contributed by atoms with Gasteiger partial charge in [0.15, 0.2) is 5.78 Å². The molecule has 1 saturated heterocycles. The van der Waals surface area contributed by atoms with E-state index in [-0.39, 0.29) is 17.6 Å². The number of hydrogen-bond acceptors (Lipinski definition) is 3. The van der Waals surface area contributed by atoms with Gasteiger partial charge in [0.25, 0.3) is 0 Å². The number of ketones is 1. The van der Waals surface area contributed by atoms with Crippen LogP contribution in [0.3, 0.4) is 0 Å². The summed E-state index contributed by atoms with van der Waals surface area (Å²) in [5.41, 5.74) is 0.743. The number of hydrogen-bond donors (Lipinski definition) is 0. The van der Waals surface area contributed by atoms with Crippen LogP contribution in [0.5, 0.6) is 0 Å². The third-order valence-electron chi connectivity index (χ3n) is 9.36. The fourth-order valence-electron chi connectivity index (χ4n) is 8.09. The number of carbonyl (C=O) groups excluding carboxylic acids is 3. The highest BCUT2D eigenvalue weighted by molar-refractivity contribution is 6.28. The van der Waals surface area contributed by atoms with Gasteiger partial charge in [0.2, 0.25) is 11.8 Å². The molecule has 2 amide bonds. The zero-order chi connectivity index (χ0) is 25.8. The van der Waals surface area contributed by atoms with Crippen LogP contribution in [-0.2, 0) is 25.2 Å². The van der Waals surface area contributed by atoms with Crippen molar-refractivity contribution in [1.29, 1.82) is 0 Å². The van der Waals surface area contributed by atoms with Gasteiger partial charge in [0.1, 0.15) is 0 Å². The van der Waals surface area contributed by atoms with E-state index in [1.807, 2.05) is 84.9 Å². The maximum absolute atomic E-state index is 15.4. The SMILES string of the molecule is CN1C(=O)[C@@H]2[C@H](C1=O)[C@@]1(c3ccccc3)C(=O)[C@]2(c2ccccc2)c2c1c1ccccc1c1ccccc21. The minimum absolute atomic E-state index is 0.0660. The predicted octanol–water partition coefficient (Wildman–Crippen LogP) is 5.39. The van der Waals surface area contributed by atoms with Crippen molar-refractivity contribution in [3.05, 3.63) is 131 Å². The van der Waals surface area contributed by atoms with Crippen LogP contribution in [0.4, 0.5) is 0 Å². The molecular formula is C34H23NO3. The number of fused-ring (bicyclic) bond motifs is 13. The van der Waals surface area contributed by atoms with Gasteiger partial charge in [0, 0.05) is 7.05 Å². The fourth-order valence-corrected chi connectivity index (χ4v) is 8.09. The lowest BCUT2D eigenvalue weighted by atomic mass is 9.59. The van der Waals surface area contributed by atoms with Crippen molar-refractivity contribution in [1.82, 2.24) is 4.90 Å². The first-order valence-corrected chi connectivity index (χ1v) is 13.0. The Morgan fingerprint density at radius 3 is 1.24 bits per heavy atom. The van der Waals surface area contributed by atoms with E-state index in [0.717, 1.165) is 43.8 Å². The molecule has 1 heterocycles. The van der Waals surface area contributed by atoms with Crippen molar-refractivity contribution in [2.75, 3.05) is 7.05 Å². The zero-order valence-corrected chi connectivity index (χ0v) is 20.7. The summed E-state index contributed by atoms with van der Waals surface area (Å²) < 4.78 is 0. The smallest absolute Gasteiger partial charge is 0.234 e.